The van der Waals surface area contributed by atoms with Gasteiger partial charge in [-0.2, -0.15) is 13.3 Å². The number of carbonyl (C=O) groups is 1. The standard InChI is InChI=1S/C27H28ClN4O5/c1-3-4-17-13-20(28)7-5-19(17)15-29-27-30-22-9-10-31(16-21(22)26(34)32(27)35-2)25(33)18-6-8-23-24(14-18)37-12-11-36-23/h3,5-8,13-14H,4,9-12,15-16H2,1-2H3,(H,29,30)/q-1. The van der Waals surface area contributed by atoms with Crippen molar-refractivity contribution < 1.29 is 19.1 Å². The van der Waals surface area contributed by atoms with E-state index in [-0.39, 0.29) is 18.0 Å². The number of ether oxygens (including phenoxy) is 2. The highest BCUT2D eigenvalue weighted by Crippen LogP contribution is 2.31. The van der Waals surface area contributed by atoms with Crippen molar-refractivity contribution in [2.24, 2.45) is 0 Å². The van der Waals surface area contributed by atoms with Crippen LogP contribution in [0, 0.1) is 6.42 Å². The van der Waals surface area contributed by atoms with Crippen molar-refractivity contribution in [1.29, 1.82) is 0 Å². The lowest BCUT2D eigenvalue weighted by molar-refractivity contribution is 0.0727. The summed E-state index contributed by atoms with van der Waals surface area (Å²) in [7, 11) is 1.42. The molecule has 1 aromatic heterocycles. The van der Waals surface area contributed by atoms with Crippen LogP contribution in [0.25, 0.3) is 0 Å². The Balaban J connectivity index is 1.36. The molecule has 3 aromatic rings. The number of anilines is 1. The van der Waals surface area contributed by atoms with Gasteiger partial charge in [-0.05, 0) is 35.9 Å². The molecule has 0 bridgehead atoms. The molecule has 0 spiro atoms. The van der Waals surface area contributed by atoms with Crippen molar-refractivity contribution in [2.75, 3.05) is 32.2 Å². The lowest BCUT2D eigenvalue weighted by atomic mass is 10.0. The lowest BCUT2D eigenvalue weighted by Gasteiger charge is -2.29. The molecule has 37 heavy (non-hydrogen) atoms. The molecular weight excluding hydrogens is 496 g/mol. The lowest BCUT2D eigenvalue weighted by Crippen LogP contribution is -2.42. The van der Waals surface area contributed by atoms with Gasteiger partial charge < -0.3 is 30.9 Å². The number of hydrogen-bond donors (Lipinski definition) is 1. The van der Waals surface area contributed by atoms with Crippen LogP contribution in [0.3, 0.4) is 0 Å². The van der Waals surface area contributed by atoms with Crippen molar-refractivity contribution in [2.45, 2.75) is 32.9 Å². The van der Waals surface area contributed by atoms with Crippen LogP contribution >= 0.6 is 11.6 Å². The van der Waals surface area contributed by atoms with Crippen LogP contribution in [0.1, 0.15) is 39.7 Å². The highest BCUT2D eigenvalue weighted by Gasteiger charge is 2.28. The fourth-order valence-electron chi connectivity index (χ4n) is 4.62. The molecule has 9 nitrogen and oxygen atoms in total. The van der Waals surface area contributed by atoms with E-state index in [1.165, 1.54) is 7.11 Å². The molecule has 2 aromatic carbocycles. The number of hydrogen-bond acceptors (Lipinski definition) is 7. The van der Waals surface area contributed by atoms with Gasteiger partial charge in [0.15, 0.2) is 11.5 Å². The number of benzene rings is 2. The summed E-state index contributed by atoms with van der Waals surface area (Å²) in [6.45, 7) is 3.95. The third-order valence-corrected chi connectivity index (χ3v) is 6.72. The van der Waals surface area contributed by atoms with Crippen LogP contribution in [0.15, 0.2) is 41.2 Å². The number of amides is 1. The van der Waals surface area contributed by atoms with Gasteiger partial charge in [0.1, 0.15) is 20.3 Å². The molecule has 0 saturated carbocycles. The Morgan fingerprint density at radius 3 is 2.76 bits per heavy atom. The molecule has 2 aliphatic heterocycles. The molecule has 1 amide bonds. The molecule has 0 aliphatic carbocycles. The van der Waals surface area contributed by atoms with E-state index in [4.69, 9.17) is 30.9 Å². The average molecular weight is 524 g/mol. The van der Waals surface area contributed by atoms with E-state index in [9.17, 15) is 9.59 Å². The predicted octanol–water partition coefficient (Wildman–Crippen LogP) is 3.30. The summed E-state index contributed by atoms with van der Waals surface area (Å²) in [6, 6.07) is 10.9. The van der Waals surface area contributed by atoms with E-state index in [1.54, 1.807) is 23.1 Å². The van der Waals surface area contributed by atoms with E-state index in [1.807, 2.05) is 25.1 Å². The Morgan fingerprint density at radius 2 is 1.97 bits per heavy atom. The minimum atomic E-state index is -0.340. The Hall–Kier alpha value is -3.72. The van der Waals surface area contributed by atoms with Crippen molar-refractivity contribution in [3.63, 3.8) is 0 Å². The maximum Gasteiger partial charge on any atom is 0.293 e. The number of aromatic nitrogens is 2. The van der Waals surface area contributed by atoms with Gasteiger partial charge >= 0.3 is 0 Å². The second kappa shape index (κ2) is 10.7. The number of fused-ring (bicyclic) bond motifs is 2. The second-order valence-electron chi connectivity index (χ2n) is 8.86. The van der Waals surface area contributed by atoms with E-state index < -0.39 is 0 Å². The molecule has 1 N–H and O–H groups in total. The van der Waals surface area contributed by atoms with Crippen LogP contribution in [0.2, 0.25) is 5.02 Å². The van der Waals surface area contributed by atoms with Crippen LogP contribution in [0.5, 0.6) is 11.5 Å². The van der Waals surface area contributed by atoms with Gasteiger partial charge in [0.25, 0.3) is 11.5 Å². The largest absolute Gasteiger partial charge is 0.486 e. The predicted molar refractivity (Wildman–Crippen MR) is 139 cm³/mol. The zero-order chi connectivity index (χ0) is 25.9. The summed E-state index contributed by atoms with van der Waals surface area (Å²) < 4.78 is 12.3. The first-order valence-electron chi connectivity index (χ1n) is 12.2. The van der Waals surface area contributed by atoms with E-state index in [0.717, 1.165) is 22.3 Å². The SMILES string of the molecule is C[CH-]Cc1cc(Cl)ccc1CNc1nc2c(c(=O)n1OC)CN(C(=O)c1ccc3c(c1)OCCO3)CC2. The number of nitrogens with one attached hydrogen (secondary N) is 1. The zero-order valence-electron chi connectivity index (χ0n) is 20.8. The highest BCUT2D eigenvalue weighted by atomic mass is 35.5. The summed E-state index contributed by atoms with van der Waals surface area (Å²) in [5.74, 6) is 1.31. The van der Waals surface area contributed by atoms with Crippen LogP contribution in [-0.2, 0) is 25.9 Å². The Kier molecular flexibility index (Phi) is 7.23. The van der Waals surface area contributed by atoms with Gasteiger partial charge in [0, 0.05) is 30.1 Å². The smallest absolute Gasteiger partial charge is 0.293 e. The number of rotatable bonds is 7. The minimum Gasteiger partial charge on any atom is -0.486 e. The molecule has 2 aliphatic rings. The molecule has 0 saturated heterocycles. The maximum atomic E-state index is 13.3. The first kappa shape index (κ1) is 25.0. The molecule has 0 atom stereocenters. The molecule has 0 fully saturated rings. The fourth-order valence-corrected chi connectivity index (χ4v) is 4.82. The topological polar surface area (TPSA) is 94.9 Å². The summed E-state index contributed by atoms with van der Waals surface area (Å²) in [6.07, 6.45) is 3.30. The van der Waals surface area contributed by atoms with Crippen molar-refractivity contribution >= 4 is 23.5 Å². The first-order chi connectivity index (χ1) is 18.0. The third kappa shape index (κ3) is 5.09. The van der Waals surface area contributed by atoms with Crippen LogP contribution in [0.4, 0.5) is 5.95 Å². The van der Waals surface area contributed by atoms with Crippen molar-refractivity contribution in [3.05, 3.63) is 86.1 Å². The Morgan fingerprint density at radius 1 is 1.16 bits per heavy atom. The van der Waals surface area contributed by atoms with Gasteiger partial charge in [0.05, 0.1) is 17.8 Å². The summed E-state index contributed by atoms with van der Waals surface area (Å²) in [4.78, 5) is 38.3. The van der Waals surface area contributed by atoms with Gasteiger partial charge in [-0.15, -0.1) is 4.73 Å². The van der Waals surface area contributed by atoms with Gasteiger partial charge in [-0.25, -0.2) is 4.98 Å². The quantitative estimate of drug-likeness (QED) is 0.475. The van der Waals surface area contributed by atoms with Crippen LogP contribution in [-0.4, -0.2) is 47.4 Å². The van der Waals surface area contributed by atoms with Gasteiger partial charge in [-0.1, -0.05) is 23.2 Å². The number of halogens is 1. The fraction of sp³-hybridized carbons (Fsp3) is 0.333. The summed E-state index contributed by atoms with van der Waals surface area (Å²) in [5.41, 5.74) is 3.39. The Labute approximate surface area is 219 Å². The molecule has 5 rings (SSSR count). The van der Waals surface area contributed by atoms with Gasteiger partial charge in [0.2, 0.25) is 5.95 Å². The first-order valence-corrected chi connectivity index (χ1v) is 12.5. The van der Waals surface area contributed by atoms with Crippen molar-refractivity contribution in [1.82, 2.24) is 14.6 Å². The molecular formula is C27H28ClN4O5-. The zero-order valence-corrected chi connectivity index (χ0v) is 21.5. The van der Waals surface area contributed by atoms with Crippen LogP contribution < -0.4 is 25.2 Å². The number of carbonyl (C=O) groups excluding carboxylic acids is 1. The molecule has 0 radical (unpaired) electrons. The molecule has 194 valence electrons. The molecule has 10 heteroatoms. The summed E-state index contributed by atoms with van der Waals surface area (Å²) >= 11 is 6.17. The van der Waals surface area contributed by atoms with E-state index >= 15 is 0 Å². The molecule has 0 unspecified atom stereocenters. The van der Waals surface area contributed by atoms with Gasteiger partial charge in [-0.3, -0.25) is 9.59 Å². The normalized spacial score (nSPS) is 14.2. The summed E-state index contributed by atoms with van der Waals surface area (Å²) in [5, 5.41) is 3.92. The van der Waals surface area contributed by atoms with E-state index in [0.29, 0.717) is 72.0 Å². The Bertz CT molecular complexity index is 1390. The average Bonchev–Trinajstić information content (AvgIpc) is 2.92. The minimum absolute atomic E-state index is 0.145. The maximum absolute atomic E-state index is 13.3. The monoisotopic (exact) mass is 523 g/mol. The number of nitrogens with zero attached hydrogens (tertiary/aromatic N) is 3. The molecule has 3 heterocycles. The highest BCUT2D eigenvalue weighted by molar-refractivity contribution is 6.30. The van der Waals surface area contributed by atoms with Crippen molar-refractivity contribution in [3.8, 4) is 11.5 Å². The van der Waals surface area contributed by atoms with E-state index in [2.05, 4.69) is 11.7 Å². The second-order valence-corrected chi connectivity index (χ2v) is 9.29. The third-order valence-electron chi connectivity index (χ3n) is 6.48.